The van der Waals surface area contributed by atoms with Gasteiger partial charge >= 0.3 is 0 Å². The summed E-state index contributed by atoms with van der Waals surface area (Å²) < 4.78 is 5.60. The molecule has 0 spiro atoms. The fourth-order valence-electron chi connectivity index (χ4n) is 3.95. The molecule has 1 aliphatic heterocycles. The van der Waals surface area contributed by atoms with E-state index in [9.17, 15) is 9.59 Å². The maximum Gasteiger partial charge on any atom is 0.277 e. The molecule has 1 heterocycles. The van der Waals surface area contributed by atoms with Crippen molar-refractivity contribution in [3.8, 4) is 5.75 Å². The zero-order chi connectivity index (χ0) is 19.7. The first-order chi connectivity index (χ1) is 13.5. The van der Waals surface area contributed by atoms with Crippen molar-refractivity contribution in [2.24, 2.45) is 10.9 Å². The van der Waals surface area contributed by atoms with Gasteiger partial charge in [0.1, 0.15) is 5.75 Å². The second-order valence-electron chi connectivity index (χ2n) is 7.63. The fraction of sp³-hybridized carbons (Fsp3) is 0.348. The predicted molar refractivity (Wildman–Crippen MR) is 108 cm³/mol. The molecule has 4 rings (SSSR count). The largest absolute Gasteiger partial charge is 0.491 e. The van der Waals surface area contributed by atoms with Crippen molar-refractivity contribution in [1.29, 1.82) is 0 Å². The third-order valence-electron chi connectivity index (χ3n) is 5.22. The van der Waals surface area contributed by atoms with Crippen LogP contribution < -0.4 is 10.1 Å². The topological polar surface area (TPSA) is 67.8 Å². The van der Waals surface area contributed by atoms with Crippen LogP contribution in [0.25, 0.3) is 0 Å². The molecule has 0 bridgehead atoms. The summed E-state index contributed by atoms with van der Waals surface area (Å²) in [5, 5.41) is 2.99. The van der Waals surface area contributed by atoms with Gasteiger partial charge in [0.25, 0.3) is 11.8 Å². The number of aliphatic imine (C=N–C) groups is 1. The third kappa shape index (κ3) is 3.70. The number of carbonyl (C=O) groups is 2. The second-order valence-corrected chi connectivity index (χ2v) is 7.63. The molecule has 1 atom stereocenters. The van der Waals surface area contributed by atoms with Gasteiger partial charge in [0.05, 0.1) is 11.8 Å². The van der Waals surface area contributed by atoms with Crippen molar-refractivity contribution in [3.05, 3.63) is 64.9 Å². The lowest BCUT2D eigenvalue weighted by atomic mass is 9.77. The van der Waals surface area contributed by atoms with Crippen LogP contribution in [0.5, 0.6) is 5.75 Å². The minimum absolute atomic E-state index is 0.00100. The molecule has 2 aliphatic carbocycles. The first-order valence-corrected chi connectivity index (χ1v) is 9.84. The van der Waals surface area contributed by atoms with Gasteiger partial charge in [-0.05, 0) is 81.5 Å². The lowest BCUT2D eigenvalue weighted by Crippen LogP contribution is -2.37. The van der Waals surface area contributed by atoms with Gasteiger partial charge in [-0.2, -0.15) is 0 Å². The number of amides is 2. The monoisotopic (exact) mass is 376 g/mol. The highest BCUT2D eigenvalue weighted by Crippen LogP contribution is 2.38. The fourth-order valence-corrected chi connectivity index (χ4v) is 3.95. The number of carbonyl (C=O) groups excluding carboxylic acids is 2. The Kier molecular flexibility index (Phi) is 4.99. The molecule has 1 aromatic rings. The van der Waals surface area contributed by atoms with Gasteiger partial charge in [-0.1, -0.05) is 6.08 Å². The lowest BCUT2D eigenvalue weighted by molar-refractivity contribution is -0.117. The van der Waals surface area contributed by atoms with E-state index < -0.39 is 0 Å². The Morgan fingerprint density at radius 3 is 2.68 bits per heavy atom. The Morgan fingerprint density at radius 2 is 1.93 bits per heavy atom. The maximum atomic E-state index is 12.5. The van der Waals surface area contributed by atoms with Crippen LogP contribution in [0.4, 0.5) is 0 Å². The van der Waals surface area contributed by atoms with E-state index in [0.29, 0.717) is 11.3 Å². The number of nitrogens with zero attached hydrogens (tertiary/aromatic N) is 1. The van der Waals surface area contributed by atoms with Gasteiger partial charge in [-0.25, -0.2) is 4.99 Å². The quantitative estimate of drug-likeness (QED) is 0.863. The first-order valence-electron chi connectivity index (χ1n) is 9.84. The molecule has 5 nitrogen and oxygen atoms in total. The molecular formula is C23H24N2O3. The summed E-state index contributed by atoms with van der Waals surface area (Å²) in [6.07, 6.45) is 9.83. The molecular weight excluding hydrogens is 352 g/mol. The van der Waals surface area contributed by atoms with Crippen LogP contribution >= 0.6 is 0 Å². The van der Waals surface area contributed by atoms with Crippen molar-refractivity contribution >= 4 is 17.5 Å². The van der Waals surface area contributed by atoms with E-state index in [4.69, 9.17) is 4.74 Å². The average molecular weight is 376 g/mol. The van der Waals surface area contributed by atoms with Crippen molar-refractivity contribution in [2.45, 2.75) is 45.6 Å². The Labute approximate surface area is 164 Å². The number of hydrogen-bond donors (Lipinski definition) is 1. The summed E-state index contributed by atoms with van der Waals surface area (Å²) in [5.74, 6) is 0.516. The van der Waals surface area contributed by atoms with E-state index in [2.05, 4.69) is 10.3 Å². The Hall–Kier alpha value is -2.95. The third-order valence-corrected chi connectivity index (χ3v) is 5.22. The van der Waals surface area contributed by atoms with Crippen molar-refractivity contribution < 1.29 is 14.3 Å². The van der Waals surface area contributed by atoms with Crippen molar-refractivity contribution in [2.75, 3.05) is 0 Å². The number of rotatable bonds is 3. The van der Waals surface area contributed by atoms with E-state index >= 15 is 0 Å². The summed E-state index contributed by atoms with van der Waals surface area (Å²) in [6.45, 7) is 3.91. The molecule has 0 radical (unpaired) electrons. The van der Waals surface area contributed by atoms with Gasteiger partial charge in [0.15, 0.2) is 0 Å². The number of benzene rings is 1. The summed E-state index contributed by atoms with van der Waals surface area (Å²) >= 11 is 0. The van der Waals surface area contributed by atoms with Gasteiger partial charge in [0.2, 0.25) is 0 Å². The number of allylic oxidation sites excluding steroid dienone is 3. The zero-order valence-corrected chi connectivity index (χ0v) is 16.2. The summed E-state index contributed by atoms with van der Waals surface area (Å²) in [5.41, 5.74) is 4.05. The minimum atomic E-state index is -0.314. The predicted octanol–water partition coefficient (Wildman–Crippen LogP) is 4.13. The van der Waals surface area contributed by atoms with Crippen LogP contribution in [0.15, 0.2) is 64.3 Å². The molecule has 1 aromatic carbocycles. The molecule has 0 fully saturated rings. The van der Waals surface area contributed by atoms with Crippen molar-refractivity contribution in [3.63, 3.8) is 0 Å². The van der Waals surface area contributed by atoms with E-state index in [1.165, 1.54) is 5.57 Å². The van der Waals surface area contributed by atoms with E-state index in [1.807, 2.05) is 32.1 Å². The van der Waals surface area contributed by atoms with Crippen LogP contribution in [0.2, 0.25) is 0 Å². The number of fused-ring (bicyclic) bond motifs is 2. The highest BCUT2D eigenvalue weighted by atomic mass is 16.5. The minimum Gasteiger partial charge on any atom is -0.491 e. The Bertz CT molecular complexity index is 933. The molecule has 0 saturated heterocycles. The SMILES string of the molecule is CC(C)Oc1ccc(C(=O)N=C2C=CC3C(=C2)NC(=O)C2=C3CCCC2)cc1. The summed E-state index contributed by atoms with van der Waals surface area (Å²) in [7, 11) is 0. The number of nitrogens with one attached hydrogen (secondary N) is 1. The van der Waals surface area contributed by atoms with Gasteiger partial charge in [-0.15, -0.1) is 0 Å². The standard InChI is InChI=1S/C23H24N2O3/c1-14(2)28-17-10-7-15(8-11-17)22(26)24-16-9-12-19-18-5-3-4-6-20(18)23(27)25-21(19)13-16/h7-14,19H,3-6H2,1-2H3,(H,25,27). The number of ether oxygens (including phenoxy) is 1. The van der Waals surface area contributed by atoms with Crippen LogP contribution in [-0.4, -0.2) is 23.6 Å². The second kappa shape index (κ2) is 7.58. The van der Waals surface area contributed by atoms with Crippen LogP contribution in [0, 0.1) is 5.92 Å². The van der Waals surface area contributed by atoms with Crippen LogP contribution in [0.1, 0.15) is 49.9 Å². The van der Waals surface area contributed by atoms with E-state index in [1.54, 1.807) is 24.3 Å². The van der Waals surface area contributed by atoms with Gasteiger partial charge in [0, 0.05) is 22.8 Å². The normalized spacial score (nSPS) is 22.5. The molecule has 1 N–H and O–H groups in total. The van der Waals surface area contributed by atoms with Crippen molar-refractivity contribution in [1.82, 2.24) is 5.32 Å². The molecule has 144 valence electrons. The van der Waals surface area contributed by atoms with E-state index in [-0.39, 0.29) is 23.8 Å². The van der Waals surface area contributed by atoms with Gasteiger partial charge < -0.3 is 10.1 Å². The number of hydrogen-bond acceptors (Lipinski definition) is 3. The maximum absolute atomic E-state index is 12.5. The summed E-state index contributed by atoms with van der Waals surface area (Å²) in [4.78, 5) is 29.1. The first kappa shape index (κ1) is 18.4. The smallest absolute Gasteiger partial charge is 0.277 e. The molecule has 0 saturated carbocycles. The average Bonchev–Trinajstić information content (AvgIpc) is 2.68. The molecule has 0 aromatic heterocycles. The zero-order valence-electron chi connectivity index (χ0n) is 16.2. The van der Waals surface area contributed by atoms with Gasteiger partial charge in [-0.3, -0.25) is 9.59 Å². The molecule has 2 amide bonds. The molecule has 5 heteroatoms. The van der Waals surface area contributed by atoms with E-state index in [0.717, 1.165) is 42.7 Å². The van der Waals surface area contributed by atoms with Crippen LogP contribution in [-0.2, 0) is 4.79 Å². The lowest BCUT2D eigenvalue weighted by Gasteiger charge is -2.33. The molecule has 1 unspecified atom stereocenters. The Morgan fingerprint density at radius 1 is 1.18 bits per heavy atom. The molecule has 3 aliphatic rings. The highest BCUT2D eigenvalue weighted by Gasteiger charge is 2.33. The summed E-state index contributed by atoms with van der Waals surface area (Å²) in [6, 6.07) is 6.98. The Balaban J connectivity index is 1.53. The van der Waals surface area contributed by atoms with Crippen LogP contribution in [0.3, 0.4) is 0 Å². The highest BCUT2D eigenvalue weighted by molar-refractivity contribution is 6.14. The molecule has 28 heavy (non-hydrogen) atoms.